The van der Waals surface area contributed by atoms with Gasteiger partial charge < -0.3 is 25.0 Å². The molecule has 0 spiro atoms. The zero-order valence-corrected chi connectivity index (χ0v) is 19.9. The van der Waals surface area contributed by atoms with Gasteiger partial charge in [-0.3, -0.25) is 9.48 Å². The zero-order valence-electron chi connectivity index (χ0n) is 19.9. The summed E-state index contributed by atoms with van der Waals surface area (Å²) in [6.45, 7) is 9.46. The van der Waals surface area contributed by atoms with Gasteiger partial charge in [-0.2, -0.15) is 15.1 Å². The van der Waals surface area contributed by atoms with Crippen molar-refractivity contribution in [3.63, 3.8) is 0 Å². The molecule has 182 valence electrons. The SMILES string of the molecule is C=CC(=O)N[C@H]1CN(c2nc(Nc3cnn(CCN(C)C)c3)c3ncn(C(C)C)c3n2)C[C@@H]1F. The molecule has 4 rings (SSSR count). The molecule has 1 aliphatic heterocycles. The summed E-state index contributed by atoms with van der Waals surface area (Å²) in [5, 5.41) is 10.4. The second-order valence-electron chi connectivity index (χ2n) is 8.95. The van der Waals surface area contributed by atoms with Crippen LogP contribution in [-0.2, 0) is 11.3 Å². The Bertz CT molecular complexity index is 1170. The largest absolute Gasteiger partial charge is 0.345 e. The average Bonchev–Trinajstić information content (AvgIpc) is 3.51. The lowest BCUT2D eigenvalue weighted by Crippen LogP contribution is -2.40. The predicted octanol–water partition coefficient (Wildman–Crippen LogP) is 1.74. The smallest absolute Gasteiger partial charge is 0.243 e. The molecular formula is C22H31FN10O. The van der Waals surface area contributed by atoms with Gasteiger partial charge in [0.25, 0.3) is 0 Å². The van der Waals surface area contributed by atoms with Crippen molar-refractivity contribution in [2.24, 2.45) is 0 Å². The second-order valence-corrected chi connectivity index (χ2v) is 8.95. The minimum Gasteiger partial charge on any atom is -0.345 e. The maximum atomic E-state index is 14.7. The van der Waals surface area contributed by atoms with Gasteiger partial charge in [-0.05, 0) is 34.0 Å². The normalized spacial score (nSPS) is 18.3. The van der Waals surface area contributed by atoms with Crippen LogP contribution < -0.4 is 15.5 Å². The zero-order chi connectivity index (χ0) is 24.4. The number of nitrogens with one attached hydrogen (secondary N) is 2. The first-order valence-electron chi connectivity index (χ1n) is 11.3. The van der Waals surface area contributed by atoms with E-state index >= 15 is 0 Å². The molecule has 4 heterocycles. The summed E-state index contributed by atoms with van der Waals surface area (Å²) >= 11 is 0. The van der Waals surface area contributed by atoms with E-state index in [-0.39, 0.29) is 19.1 Å². The number of nitrogens with zero attached hydrogens (tertiary/aromatic N) is 8. The molecule has 2 N–H and O–H groups in total. The van der Waals surface area contributed by atoms with E-state index < -0.39 is 18.1 Å². The number of hydrogen-bond donors (Lipinski definition) is 2. The molecule has 0 unspecified atom stereocenters. The number of alkyl halides is 1. The van der Waals surface area contributed by atoms with Gasteiger partial charge in [0.2, 0.25) is 11.9 Å². The number of fused-ring (bicyclic) bond motifs is 1. The number of imidazole rings is 1. The van der Waals surface area contributed by atoms with E-state index in [1.807, 2.05) is 43.4 Å². The van der Waals surface area contributed by atoms with Crippen molar-refractivity contribution in [3.05, 3.63) is 31.4 Å². The molecule has 1 saturated heterocycles. The quantitative estimate of drug-likeness (QED) is 0.455. The lowest BCUT2D eigenvalue weighted by atomic mass is 10.2. The van der Waals surface area contributed by atoms with Gasteiger partial charge in [0.1, 0.15) is 6.17 Å². The Kier molecular flexibility index (Phi) is 6.77. The first-order valence-corrected chi connectivity index (χ1v) is 11.3. The highest BCUT2D eigenvalue weighted by molar-refractivity contribution is 5.88. The molecular weight excluding hydrogens is 439 g/mol. The summed E-state index contributed by atoms with van der Waals surface area (Å²) in [5.41, 5.74) is 2.03. The third-order valence-corrected chi connectivity index (χ3v) is 5.68. The van der Waals surface area contributed by atoms with E-state index in [1.54, 1.807) is 17.4 Å². The van der Waals surface area contributed by atoms with E-state index in [0.29, 0.717) is 22.9 Å². The minimum absolute atomic E-state index is 0.0747. The van der Waals surface area contributed by atoms with Crippen LogP contribution in [0.25, 0.3) is 11.2 Å². The van der Waals surface area contributed by atoms with Crippen LogP contribution in [0, 0.1) is 0 Å². The summed E-state index contributed by atoms with van der Waals surface area (Å²) in [7, 11) is 4.03. The van der Waals surface area contributed by atoms with Crippen molar-refractivity contribution >= 4 is 34.5 Å². The van der Waals surface area contributed by atoms with Crippen molar-refractivity contribution in [1.82, 2.24) is 39.5 Å². The van der Waals surface area contributed by atoms with Crippen molar-refractivity contribution in [1.29, 1.82) is 0 Å². The van der Waals surface area contributed by atoms with E-state index in [4.69, 9.17) is 4.98 Å². The Morgan fingerprint density at radius 3 is 2.85 bits per heavy atom. The van der Waals surface area contributed by atoms with Crippen molar-refractivity contribution in [2.45, 2.75) is 38.6 Å². The molecule has 0 saturated carbocycles. The average molecular weight is 471 g/mol. The topological polar surface area (TPSA) is 109 Å². The van der Waals surface area contributed by atoms with Crippen LogP contribution in [0.15, 0.2) is 31.4 Å². The number of aromatic nitrogens is 6. The molecule has 3 aromatic rings. The van der Waals surface area contributed by atoms with Gasteiger partial charge in [0.05, 0.1) is 37.3 Å². The van der Waals surface area contributed by atoms with Crippen LogP contribution >= 0.6 is 0 Å². The number of hydrogen-bond acceptors (Lipinski definition) is 8. The Morgan fingerprint density at radius 2 is 2.15 bits per heavy atom. The minimum atomic E-state index is -1.25. The van der Waals surface area contributed by atoms with E-state index in [0.717, 1.165) is 24.9 Å². The molecule has 1 amide bonds. The lowest BCUT2D eigenvalue weighted by Gasteiger charge is -2.18. The van der Waals surface area contributed by atoms with Crippen molar-refractivity contribution in [2.75, 3.05) is 43.9 Å². The molecule has 0 radical (unpaired) electrons. The van der Waals surface area contributed by atoms with Crippen molar-refractivity contribution in [3.8, 4) is 0 Å². The number of carbonyl (C=O) groups excluding carboxylic acids is 1. The molecule has 0 bridgehead atoms. The molecule has 0 aliphatic carbocycles. The van der Waals surface area contributed by atoms with Gasteiger partial charge in [0, 0.05) is 25.3 Å². The number of amides is 1. The monoisotopic (exact) mass is 470 g/mol. The van der Waals surface area contributed by atoms with Crippen LogP contribution in [0.3, 0.4) is 0 Å². The molecule has 11 nitrogen and oxygen atoms in total. The van der Waals surface area contributed by atoms with E-state index in [9.17, 15) is 9.18 Å². The number of anilines is 3. The summed E-state index contributed by atoms with van der Waals surface area (Å²) < 4.78 is 18.5. The molecule has 1 fully saturated rings. The summed E-state index contributed by atoms with van der Waals surface area (Å²) in [6.07, 6.45) is 5.26. The summed E-state index contributed by atoms with van der Waals surface area (Å²) in [4.78, 5) is 29.4. The number of likely N-dealkylation sites (N-methyl/N-ethyl adjacent to an activating group) is 1. The van der Waals surface area contributed by atoms with Crippen LogP contribution in [-0.4, -0.2) is 86.0 Å². The first kappa shape index (κ1) is 23.6. The molecule has 0 aromatic carbocycles. The maximum absolute atomic E-state index is 14.7. The third kappa shape index (κ3) is 5.01. The van der Waals surface area contributed by atoms with Gasteiger partial charge in [-0.25, -0.2) is 9.37 Å². The van der Waals surface area contributed by atoms with Crippen LogP contribution in [0.5, 0.6) is 0 Å². The molecule has 3 aromatic heterocycles. The van der Waals surface area contributed by atoms with E-state index in [1.165, 1.54) is 0 Å². The summed E-state index contributed by atoms with van der Waals surface area (Å²) in [6, 6.07) is -0.535. The lowest BCUT2D eigenvalue weighted by molar-refractivity contribution is -0.117. The number of carbonyl (C=O) groups is 1. The van der Waals surface area contributed by atoms with Gasteiger partial charge in [-0.1, -0.05) is 6.58 Å². The first-order chi connectivity index (χ1) is 16.2. The van der Waals surface area contributed by atoms with Crippen molar-refractivity contribution < 1.29 is 9.18 Å². The van der Waals surface area contributed by atoms with Gasteiger partial charge >= 0.3 is 0 Å². The van der Waals surface area contributed by atoms with Crippen LogP contribution in [0.4, 0.5) is 21.8 Å². The van der Waals surface area contributed by atoms with Crippen LogP contribution in [0.1, 0.15) is 19.9 Å². The Morgan fingerprint density at radius 1 is 1.35 bits per heavy atom. The highest BCUT2D eigenvalue weighted by atomic mass is 19.1. The Labute approximate surface area is 197 Å². The summed E-state index contributed by atoms with van der Waals surface area (Å²) in [5.74, 6) is 0.480. The predicted molar refractivity (Wildman–Crippen MR) is 129 cm³/mol. The molecule has 1 aliphatic rings. The second kappa shape index (κ2) is 9.75. The fourth-order valence-corrected chi connectivity index (χ4v) is 3.81. The maximum Gasteiger partial charge on any atom is 0.243 e. The molecule has 34 heavy (non-hydrogen) atoms. The number of halogens is 1. The molecule has 2 atom stereocenters. The highest BCUT2D eigenvalue weighted by Gasteiger charge is 2.35. The highest BCUT2D eigenvalue weighted by Crippen LogP contribution is 2.29. The fourth-order valence-electron chi connectivity index (χ4n) is 3.81. The van der Waals surface area contributed by atoms with Gasteiger partial charge in [-0.15, -0.1) is 0 Å². The van der Waals surface area contributed by atoms with E-state index in [2.05, 4.69) is 37.2 Å². The molecule has 12 heteroatoms. The third-order valence-electron chi connectivity index (χ3n) is 5.68. The van der Waals surface area contributed by atoms with Crippen LogP contribution in [0.2, 0.25) is 0 Å². The fraction of sp³-hybridized carbons (Fsp3) is 0.500. The van der Waals surface area contributed by atoms with Gasteiger partial charge in [0.15, 0.2) is 17.0 Å². The standard InChI is InChI=1S/C22H31FN10O/c1-6-18(34)27-17-12-31(11-16(17)23)22-28-20(19-21(29-22)33(13-24-19)14(2)3)26-15-9-25-32(10-15)8-7-30(4)5/h6,9-10,13-14,16-17H,1,7-8,11-12H2,2-5H3,(H,27,34)(H,26,28,29)/t16-,17-/m0/s1. The Hall–Kier alpha value is -3.54. The number of rotatable bonds is 9. The Balaban J connectivity index is 1.64.